The van der Waals surface area contributed by atoms with Crippen LogP contribution in [0, 0.1) is 10.7 Å². The van der Waals surface area contributed by atoms with E-state index in [1.807, 2.05) is 6.20 Å². The molecule has 0 aromatic carbocycles. The van der Waals surface area contributed by atoms with Crippen molar-refractivity contribution in [3.05, 3.63) is 28.3 Å². The molecule has 17 heavy (non-hydrogen) atoms. The van der Waals surface area contributed by atoms with Gasteiger partial charge in [0.15, 0.2) is 4.77 Å². The molecule has 1 aromatic heterocycles. The molecule has 0 fully saturated rings. The maximum atomic E-state index is 9.29. The molecule has 0 saturated heterocycles. The van der Waals surface area contributed by atoms with E-state index in [9.17, 15) is 5.11 Å². The van der Waals surface area contributed by atoms with Crippen molar-refractivity contribution in [3.8, 4) is 0 Å². The SMILES string of the molecule is CC(c1c[nH]c(=S)[nH]1)C1CCCC=C(CO)C1. The normalized spacial score (nSPS) is 22.9. The first-order chi connectivity index (χ1) is 8.20. The zero-order valence-corrected chi connectivity index (χ0v) is 11.0. The van der Waals surface area contributed by atoms with Gasteiger partial charge in [-0.05, 0) is 49.4 Å². The van der Waals surface area contributed by atoms with E-state index in [0.29, 0.717) is 16.6 Å². The lowest BCUT2D eigenvalue weighted by Crippen LogP contribution is -2.11. The van der Waals surface area contributed by atoms with Crippen LogP contribution in [0.5, 0.6) is 0 Å². The van der Waals surface area contributed by atoms with Gasteiger partial charge in [-0.2, -0.15) is 0 Å². The Hall–Kier alpha value is -0.870. The van der Waals surface area contributed by atoms with Gasteiger partial charge in [-0.25, -0.2) is 0 Å². The maximum absolute atomic E-state index is 9.29. The number of hydrogen-bond donors (Lipinski definition) is 3. The molecular weight excluding hydrogens is 232 g/mol. The number of hydrogen-bond acceptors (Lipinski definition) is 2. The molecule has 1 aliphatic carbocycles. The largest absolute Gasteiger partial charge is 0.392 e. The zero-order valence-electron chi connectivity index (χ0n) is 10.2. The molecule has 3 nitrogen and oxygen atoms in total. The summed E-state index contributed by atoms with van der Waals surface area (Å²) in [6.07, 6.45) is 8.70. The van der Waals surface area contributed by atoms with Crippen LogP contribution in [0.2, 0.25) is 0 Å². The second-order valence-corrected chi connectivity index (χ2v) is 5.31. The van der Waals surface area contributed by atoms with Crippen molar-refractivity contribution in [1.82, 2.24) is 9.97 Å². The van der Waals surface area contributed by atoms with Gasteiger partial charge in [-0.15, -0.1) is 0 Å². The summed E-state index contributed by atoms with van der Waals surface area (Å²) in [5.41, 5.74) is 2.37. The highest BCUT2D eigenvalue weighted by Gasteiger charge is 2.22. The number of rotatable bonds is 3. The van der Waals surface area contributed by atoms with Crippen LogP contribution in [0.4, 0.5) is 0 Å². The van der Waals surface area contributed by atoms with Crippen LogP contribution in [0.3, 0.4) is 0 Å². The lowest BCUT2D eigenvalue weighted by Gasteiger charge is -2.22. The first kappa shape index (κ1) is 12.6. The Morgan fingerprint density at radius 3 is 3.06 bits per heavy atom. The fourth-order valence-electron chi connectivity index (χ4n) is 2.61. The third kappa shape index (κ3) is 3.07. The molecule has 1 aliphatic rings. The topological polar surface area (TPSA) is 51.8 Å². The minimum absolute atomic E-state index is 0.201. The number of imidazole rings is 1. The molecule has 0 amide bonds. The summed E-state index contributed by atoms with van der Waals surface area (Å²) >= 11 is 5.06. The van der Waals surface area contributed by atoms with E-state index in [2.05, 4.69) is 23.0 Å². The highest BCUT2D eigenvalue weighted by atomic mass is 32.1. The van der Waals surface area contributed by atoms with Gasteiger partial charge in [0.05, 0.1) is 6.61 Å². The molecule has 3 N–H and O–H groups in total. The zero-order chi connectivity index (χ0) is 12.3. The van der Waals surface area contributed by atoms with Crippen molar-refractivity contribution in [2.24, 2.45) is 5.92 Å². The summed E-state index contributed by atoms with van der Waals surface area (Å²) in [4.78, 5) is 6.23. The van der Waals surface area contributed by atoms with E-state index in [0.717, 1.165) is 12.8 Å². The van der Waals surface area contributed by atoms with Crippen LogP contribution >= 0.6 is 12.2 Å². The van der Waals surface area contributed by atoms with E-state index in [-0.39, 0.29) is 6.61 Å². The third-order valence-corrected chi connectivity index (χ3v) is 3.97. The predicted molar refractivity (Wildman–Crippen MR) is 71.5 cm³/mol. The van der Waals surface area contributed by atoms with Crippen LogP contribution in [0.1, 0.15) is 44.2 Å². The van der Waals surface area contributed by atoms with Gasteiger partial charge in [-0.3, -0.25) is 0 Å². The van der Waals surface area contributed by atoms with Crippen LogP contribution in [0.15, 0.2) is 17.8 Å². The summed E-state index contributed by atoms with van der Waals surface area (Å²) in [7, 11) is 0. The molecule has 2 atom stereocenters. The first-order valence-electron chi connectivity index (χ1n) is 6.27. The van der Waals surface area contributed by atoms with Crippen molar-refractivity contribution in [2.75, 3.05) is 6.61 Å². The summed E-state index contributed by atoms with van der Waals surface area (Å²) < 4.78 is 0.693. The Kier molecular flexibility index (Phi) is 4.18. The minimum Gasteiger partial charge on any atom is -0.392 e. The van der Waals surface area contributed by atoms with Gasteiger partial charge < -0.3 is 15.1 Å². The van der Waals surface area contributed by atoms with Crippen molar-refractivity contribution < 1.29 is 5.11 Å². The number of aromatic amines is 2. The van der Waals surface area contributed by atoms with Gasteiger partial charge >= 0.3 is 0 Å². The van der Waals surface area contributed by atoms with E-state index in [1.165, 1.54) is 24.1 Å². The standard InChI is InChI=1S/C13H20N2OS/c1-9(12-7-14-13(17)15-12)11-5-3-2-4-10(6-11)8-16/h4,7,9,11,16H,2-3,5-6,8H2,1H3,(H2,14,15,17). The predicted octanol–water partition coefficient (Wildman–Crippen LogP) is 3.28. The van der Waals surface area contributed by atoms with Crippen molar-refractivity contribution >= 4 is 12.2 Å². The molecule has 4 heteroatoms. The van der Waals surface area contributed by atoms with Crippen LogP contribution in [0.25, 0.3) is 0 Å². The second kappa shape index (κ2) is 5.65. The lowest BCUT2D eigenvalue weighted by molar-refractivity contribution is 0.312. The summed E-state index contributed by atoms with van der Waals surface area (Å²) in [5, 5.41) is 9.29. The Balaban J connectivity index is 2.11. The maximum Gasteiger partial charge on any atom is 0.174 e. The number of H-pyrrole nitrogens is 2. The molecule has 0 radical (unpaired) electrons. The fraction of sp³-hybridized carbons (Fsp3) is 0.615. The highest BCUT2D eigenvalue weighted by Crippen LogP contribution is 2.34. The molecule has 0 aliphatic heterocycles. The summed E-state index contributed by atoms with van der Waals surface area (Å²) in [5.74, 6) is 1.05. The first-order valence-corrected chi connectivity index (χ1v) is 6.68. The van der Waals surface area contributed by atoms with Gasteiger partial charge in [-0.1, -0.05) is 13.0 Å². The Labute approximate surface area is 107 Å². The average Bonchev–Trinajstić information content (AvgIpc) is 2.64. The van der Waals surface area contributed by atoms with E-state index < -0.39 is 0 Å². The molecule has 2 rings (SSSR count). The summed E-state index contributed by atoms with van der Waals surface area (Å²) in [6.45, 7) is 2.44. The number of allylic oxidation sites excluding steroid dienone is 1. The number of aromatic nitrogens is 2. The van der Waals surface area contributed by atoms with Crippen molar-refractivity contribution in [3.63, 3.8) is 0 Å². The molecular formula is C13H20N2OS. The van der Waals surface area contributed by atoms with Crippen LogP contribution in [-0.2, 0) is 0 Å². The Morgan fingerprint density at radius 2 is 2.41 bits per heavy atom. The molecule has 1 heterocycles. The second-order valence-electron chi connectivity index (χ2n) is 4.90. The number of nitrogens with one attached hydrogen (secondary N) is 2. The summed E-state index contributed by atoms with van der Waals surface area (Å²) in [6, 6.07) is 0. The lowest BCUT2D eigenvalue weighted by atomic mass is 9.84. The quantitative estimate of drug-likeness (QED) is 0.571. The third-order valence-electron chi connectivity index (χ3n) is 3.75. The smallest absolute Gasteiger partial charge is 0.174 e. The van der Waals surface area contributed by atoms with Gasteiger partial charge in [0.25, 0.3) is 0 Å². The molecule has 2 unspecified atom stereocenters. The van der Waals surface area contributed by atoms with Gasteiger partial charge in [0.1, 0.15) is 0 Å². The minimum atomic E-state index is 0.201. The van der Waals surface area contributed by atoms with Crippen molar-refractivity contribution in [1.29, 1.82) is 0 Å². The monoisotopic (exact) mass is 252 g/mol. The fourth-order valence-corrected chi connectivity index (χ4v) is 2.79. The van der Waals surface area contributed by atoms with E-state index in [4.69, 9.17) is 12.2 Å². The van der Waals surface area contributed by atoms with E-state index >= 15 is 0 Å². The number of aliphatic hydroxyl groups excluding tert-OH is 1. The highest BCUT2D eigenvalue weighted by molar-refractivity contribution is 7.71. The Morgan fingerprint density at radius 1 is 1.59 bits per heavy atom. The van der Waals surface area contributed by atoms with Crippen LogP contribution < -0.4 is 0 Å². The molecule has 0 saturated carbocycles. The molecule has 1 aromatic rings. The molecule has 0 spiro atoms. The van der Waals surface area contributed by atoms with Crippen molar-refractivity contribution in [2.45, 2.75) is 38.5 Å². The van der Waals surface area contributed by atoms with Gasteiger partial charge in [0, 0.05) is 17.8 Å². The average molecular weight is 252 g/mol. The Bertz CT molecular complexity index is 446. The number of aliphatic hydroxyl groups is 1. The molecule has 94 valence electrons. The molecule has 0 bridgehead atoms. The van der Waals surface area contributed by atoms with Gasteiger partial charge in [0.2, 0.25) is 0 Å². The van der Waals surface area contributed by atoms with Crippen LogP contribution in [-0.4, -0.2) is 21.7 Å². The van der Waals surface area contributed by atoms with E-state index in [1.54, 1.807) is 0 Å².